The summed E-state index contributed by atoms with van der Waals surface area (Å²) < 4.78 is 6.78. The molecule has 8 heteroatoms. The van der Waals surface area contributed by atoms with Crippen molar-refractivity contribution >= 4 is 17.7 Å². The highest BCUT2D eigenvalue weighted by atomic mass is 16.5. The number of methoxy groups -OCH3 is 1. The third-order valence-electron chi connectivity index (χ3n) is 3.60. The fourth-order valence-corrected chi connectivity index (χ4v) is 2.57. The third-order valence-corrected chi connectivity index (χ3v) is 3.60. The molecule has 1 atom stereocenters. The lowest BCUT2D eigenvalue weighted by Gasteiger charge is -2.17. The van der Waals surface area contributed by atoms with Crippen LogP contribution in [0.2, 0.25) is 0 Å². The number of aryl methyl sites for hydroxylation is 2. The van der Waals surface area contributed by atoms with Gasteiger partial charge in [-0.1, -0.05) is 0 Å². The van der Waals surface area contributed by atoms with Crippen LogP contribution in [0.3, 0.4) is 0 Å². The maximum absolute atomic E-state index is 12.6. The Hall–Kier alpha value is -2.64. The highest BCUT2D eigenvalue weighted by Gasteiger charge is 2.34. The highest BCUT2D eigenvalue weighted by molar-refractivity contribution is 6.00. The Morgan fingerprint density at radius 2 is 2.27 bits per heavy atom. The van der Waals surface area contributed by atoms with Crippen molar-refractivity contribution in [2.24, 2.45) is 7.05 Å². The van der Waals surface area contributed by atoms with Gasteiger partial charge in [0.25, 0.3) is 5.91 Å². The van der Waals surface area contributed by atoms with Crippen LogP contribution in [0, 0.1) is 6.92 Å². The van der Waals surface area contributed by atoms with Crippen LogP contribution in [0.1, 0.15) is 12.1 Å². The highest BCUT2D eigenvalue weighted by Crippen LogP contribution is 2.23. The summed E-state index contributed by atoms with van der Waals surface area (Å²) in [4.78, 5) is 22.6. The summed E-state index contributed by atoms with van der Waals surface area (Å²) >= 11 is 0. The Balaban J connectivity index is 1.75. The van der Waals surface area contributed by atoms with Gasteiger partial charge in [0.1, 0.15) is 11.9 Å². The molecule has 8 nitrogen and oxygen atoms in total. The van der Waals surface area contributed by atoms with Crippen molar-refractivity contribution in [3.05, 3.63) is 24.0 Å². The Morgan fingerprint density at radius 1 is 1.45 bits per heavy atom. The minimum absolute atomic E-state index is 0.00517. The van der Waals surface area contributed by atoms with E-state index in [0.29, 0.717) is 24.8 Å². The molecule has 2 aromatic rings. The van der Waals surface area contributed by atoms with Gasteiger partial charge in [0.05, 0.1) is 12.8 Å². The number of ether oxygens (including phenoxy) is 1. The molecular formula is C14H18N6O2. The van der Waals surface area contributed by atoms with E-state index >= 15 is 0 Å². The minimum atomic E-state index is -0.345. The smallest absolute Gasteiger partial charge is 0.250 e. The SMILES string of the molecule is COc1ccnc(NC2CCN(c3cc(C)nn3C)C2=O)n1. The summed E-state index contributed by atoms with van der Waals surface area (Å²) in [5.74, 6) is 1.65. The summed E-state index contributed by atoms with van der Waals surface area (Å²) in [6.45, 7) is 2.54. The molecule has 3 rings (SSSR count). The van der Waals surface area contributed by atoms with E-state index in [2.05, 4.69) is 20.4 Å². The first-order valence-corrected chi connectivity index (χ1v) is 7.04. The average molecular weight is 302 g/mol. The largest absolute Gasteiger partial charge is 0.481 e. The fraction of sp³-hybridized carbons (Fsp3) is 0.429. The Morgan fingerprint density at radius 3 is 2.95 bits per heavy atom. The molecule has 0 bridgehead atoms. The zero-order chi connectivity index (χ0) is 15.7. The van der Waals surface area contributed by atoms with E-state index in [1.807, 2.05) is 20.0 Å². The van der Waals surface area contributed by atoms with Crippen molar-refractivity contribution in [2.75, 3.05) is 23.9 Å². The van der Waals surface area contributed by atoms with E-state index < -0.39 is 0 Å². The molecular weight excluding hydrogens is 284 g/mol. The summed E-state index contributed by atoms with van der Waals surface area (Å²) in [6, 6.07) is 3.22. The van der Waals surface area contributed by atoms with E-state index in [1.165, 1.54) is 0 Å². The van der Waals surface area contributed by atoms with E-state index in [1.54, 1.807) is 29.0 Å². The van der Waals surface area contributed by atoms with E-state index in [0.717, 1.165) is 11.5 Å². The van der Waals surface area contributed by atoms with Crippen molar-refractivity contribution in [1.82, 2.24) is 19.7 Å². The minimum Gasteiger partial charge on any atom is -0.481 e. The van der Waals surface area contributed by atoms with Gasteiger partial charge in [0, 0.05) is 31.9 Å². The Labute approximate surface area is 128 Å². The number of hydrogen-bond donors (Lipinski definition) is 1. The molecule has 1 N–H and O–H groups in total. The van der Waals surface area contributed by atoms with Gasteiger partial charge in [-0.3, -0.25) is 14.4 Å². The number of hydrogen-bond acceptors (Lipinski definition) is 6. The molecule has 3 heterocycles. The van der Waals surface area contributed by atoms with Crippen LogP contribution in [-0.2, 0) is 11.8 Å². The molecule has 2 aromatic heterocycles. The zero-order valence-electron chi connectivity index (χ0n) is 12.8. The van der Waals surface area contributed by atoms with Crippen LogP contribution in [-0.4, -0.2) is 45.4 Å². The average Bonchev–Trinajstić information content (AvgIpc) is 3.02. The second-order valence-electron chi connectivity index (χ2n) is 5.17. The molecule has 1 unspecified atom stereocenters. The molecule has 116 valence electrons. The first-order valence-electron chi connectivity index (χ1n) is 7.04. The molecule has 1 saturated heterocycles. The Bertz CT molecular complexity index is 698. The first-order chi connectivity index (χ1) is 10.6. The predicted octanol–water partition coefficient (Wildman–Crippen LogP) is 0.745. The van der Waals surface area contributed by atoms with Crippen molar-refractivity contribution in [2.45, 2.75) is 19.4 Å². The van der Waals surface area contributed by atoms with Crippen molar-refractivity contribution in [3.8, 4) is 5.88 Å². The van der Waals surface area contributed by atoms with Crippen molar-refractivity contribution in [1.29, 1.82) is 0 Å². The molecule has 1 fully saturated rings. The van der Waals surface area contributed by atoms with Crippen LogP contribution >= 0.6 is 0 Å². The van der Waals surface area contributed by atoms with Crippen LogP contribution in [0.5, 0.6) is 5.88 Å². The quantitative estimate of drug-likeness (QED) is 0.897. The molecule has 22 heavy (non-hydrogen) atoms. The molecule has 1 amide bonds. The molecule has 0 aliphatic carbocycles. The second-order valence-corrected chi connectivity index (χ2v) is 5.17. The fourth-order valence-electron chi connectivity index (χ4n) is 2.57. The van der Waals surface area contributed by atoms with Crippen molar-refractivity contribution < 1.29 is 9.53 Å². The lowest BCUT2D eigenvalue weighted by Crippen LogP contribution is -2.34. The van der Waals surface area contributed by atoms with Crippen LogP contribution in [0.4, 0.5) is 11.8 Å². The summed E-state index contributed by atoms with van der Waals surface area (Å²) in [6.07, 6.45) is 2.28. The maximum Gasteiger partial charge on any atom is 0.250 e. The van der Waals surface area contributed by atoms with E-state index in [4.69, 9.17) is 4.74 Å². The zero-order valence-corrected chi connectivity index (χ0v) is 12.8. The van der Waals surface area contributed by atoms with Gasteiger partial charge >= 0.3 is 0 Å². The van der Waals surface area contributed by atoms with Gasteiger partial charge in [-0.15, -0.1) is 0 Å². The number of rotatable bonds is 4. The number of nitrogens with zero attached hydrogens (tertiary/aromatic N) is 5. The van der Waals surface area contributed by atoms with Gasteiger partial charge in [-0.05, 0) is 13.3 Å². The van der Waals surface area contributed by atoms with Crippen LogP contribution in [0.15, 0.2) is 18.3 Å². The molecule has 0 spiro atoms. The summed E-state index contributed by atoms with van der Waals surface area (Å²) in [5, 5.41) is 7.35. The maximum atomic E-state index is 12.6. The third kappa shape index (κ3) is 2.59. The Kier molecular flexibility index (Phi) is 3.66. The number of carbonyl (C=O) groups is 1. The van der Waals surface area contributed by atoms with Gasteiger partial charge in [0.2, 0.25) is 11.8 Å². The topological polar surface area (TPSA) is 85.2 Å². The van der Waals surface area contributed by atoms with Gasteiger partial charge in [-0.2, -0.15) is 10.1 Å². The van der Waals surface area contributed by atoms with Gasteiger partial charge in [-0.25, -0.2) is 4.98 Å². The molecule has 1 aliphatic heterocycles. The number of nitrogens with one attached hydrogen (secondary N) is 1. The monoisotopic (exact) mass is 302 g/mol. The number of anilines is 2. The molecule has 0 aromatic carbocycles. The molecule has 0 saturated carbocycles. The number of amides is 1. The number of carbonyl (C=O) groups excluding carboxylic acids is 1. The van der Waals surface area contributed by atoms with E-state index in [-0.39, 0.29) is 11.9 Å². The van der Waals surface area contributed by atoms with Gasteiger partial charge < -0.3 is 10.1 Å². The van der Waals surface area contributed by atoms with Crippen LogP contribution in [0.25, 0.3) is 0 Å². The van der Waals surface area contributed by atoms with Crippen molar-refractivity contribution in [3.63, 3.8) is 0 Å². The lowest BCUT2D eigenvalue weighted by molar-refractivity contribution is -0.117. The molecule has 0 radical (unpaired) electrons. The number of aromatic nitrogens is 4. The normalized spacial score (nSPS) is 17.9. The first kappa shape index (κ1) is 14.3. The predicted molar refractivity (Wildman–Crippen MR) is 80.9 cm³/mol. The lowest BCUT2D eigenvalue weighted by atomic mass is 10.2. The van der Waals surface area contributed by atoms with Gasteiger partial charge in [0.15, 0.2) is 0 Å². The van der Waals surface area contributed by atoms with Crippen LogP contribution < -0.4 is 15.0 Å². The summed E-state index contributed by atoms with van der Waals surface area (Å²) in [5.41, 5.74) is 0.887. The standard InChI is InChI=1S/C14H18N6O2/c1-9-8-12(19(2)18-9)20-7-5-10(13(20)21)16-14-15-6-4-11(17-14)22-3/h4,6,8,10H,5,7H2,1-3H3,(H,15,16,17). The van der Waals surface area contributed by atoms with E-state index in [9.17, 15) is 4.79 Å². The second kappa shape index (κ2) is 5.63. The summed E-state index contributed by atoms with van der Waals surface area (Å²) in [7, 11) is 3.38. The molecule has 1 aliphatic rings.